The van der Waals surface area contributed by atoms with Crippen molar-refractivity contribution < 1.29 is 14.3 Å². The lowest BCUT2D eigenvalue weighted by Gasteiger charge is -2.13. The molecule has 0 unspecified atom stereocenters. The van der Waals surface area contributed by atoms with Crippen LogP contribution in [0.4, 0.5) is 0 Å². The summed E-state index contributed by atoms with van der Waals surface area (Å²) in [7, 11) is 0. The van der Waals surface area contributed by atoms with Gasteiger partial charge in [-0.15, -0.1) is 0 Å². The van der Waals surface area contributed by atoms with Gasteiger partial charge >= 0.3 is 0 Å². The average Bonchev–Trinajstić information content (AvgIpc) is 2.67. The van der Waals surface area contributed by atoms with Crippen molar-refractivity contribution in [2.45, 2.75) is 39.2 Å². The molecule has 0 saturated carbocycles. The van der Waals surface area contributed by atoms with Gasteiger partial charge in [-0.05, 0) is 43.7 Å². The molecule has 1 aromatic carbocycles. The lowest BCUT2D eigenvalue weighted by atomic mass is 10.2. The van der Waals surface area contributed by atoms with Gasteiger partial charge in [0, 0.05) is 18.0 Å². The van der Waals surface area contributed by atoms with E-state index in [1.54, 1.807) is 37.5 Å². The highest BCUT2D eigenvalue weighted by atomic mass is 16.5. The van der Waals surface area contributed by atoms with Crippen LogP contribution in [-0.2, 0) is 4.79 Å². The summed E-state index contributed by atoms with van der Waals surface area (Å²) < 4.78 is 11.3. The molecule has 138 valence electrons. The monoisotopic (exact) mass is 355 g/mol. The molecule has 0 radical (unpaired) electrons. The smallest absolute Gasteiger partial charge is 0.280 e. The van der Waals surface area contributed by atoms with E-state index < -0.39 is 6.10 Å². The zero-order chi connectivity index (χ0) is 18.6. The summed E-state index contributed by atoms with van der Waals surface area (Å²) in [4.78, 5) is 16.0. The Morgan fingerprint density at radius 2 is 2.00 bits per heavy atom. The van der Waals surface area contributed by atoms with E-state index >= 15 is 0 Å². The summed E-state index contributed by atoms with van der Waals surface area (Å²) in [6.07, 6.45) is 7.57. The van der Waals surface area contributed by atoms with Crippen molar-refractivity contribution in [3.05, 3.63) is 54.4 Å². The average molecular weight is 355 g/mol. The SMILES string of the molecule is CCCCCOc1ccc(O[C@H](C)C(=O)NN=Cc2cccnc2)cc1. The maximum absolute atomic E-state index is 12.0. The number of hydrogen-bond donors (Lipinski definition) is 1. The molecular formula is C20H25N3O3. The summed E-state index contributed by atoms with van der Waals surface area (Å²) in [6.45, 7) is 4.54. The Balaban J connectivity index is 1.76. The van der Waals surface area contributed by atoms with Gasteiger partial charge < -0.3 is 9.47 Å². The number of nitrogens with zero attached hydrogens (tertiary/aromatic N) is 2. The molecule has 0 aliphatic rings. The standard InChI is InChI=1S/C20H25N3O3/c1-3-4-5-13-25-18-8-10-19(11-9-18)26-16(2)20(24)23-22-15-17-7-6-12-21-14-17/h6-12,14-16H,3-5,13H2,1-2H3,(H,23,24)/t16-/m1/s1. The number of pyridine rings is 1. The maximum atomic E-state index is 12.0. The number of nitrogens with one attached hydrogen (secondary N) is 1. The highest BCUT2D eigenvalue weighted by Crippen LogP contribution is 2.19. The van der Waals surface area contributed by atoms with E-state index in [1.165, 1.54) is 12.6 Å². The van der Waals surface area contributed by atoms with E-state index in [0.717, 1.165) is 24.2 Å². The van der Waals surface area contributed by atoms with Crippen LogP contribution in [0.25, 0.3) is 0 Å². The van der Waals surface area contributed by atoms with Crippen LogP contribution >= 0.6 is 0 Å². The zero-order valence-corrected chi connectivity index (χ0v) is 15.2. The Hall–Kier alpha value is -2.89. The lowest BCUT2D eigenvalue weighted by Crippen LogP contribution is -2.33. The molecule has 1 amide bonds. The maximum Gasteiger partial charge on any atom is 0.280 e. The minimum absolute atomic E-state index is 0.329. The first kappa shape index (κ1) is 19.4. The molecule has 0 fully saturated rings. The summed E-state index contributed by atoms with van der Waals surface area (Å²) in [5.41, 5.74) is 3.26. The molecule has 0 saturated heterocycles. The van der Waals surface area contributed by atoms with Crippen LogP contribution in [0, 0.1) is 0 Å². The summed E-state index contributed by atoms with van der Waals surface area (Å²) in [6, 6.07) is 10.9. The van der Waals surface area contributed by atoms with E-state index in [0.29, 0.717) is 12.4 Å². The van der Waals surface area contributed by atoms with Gasteiger partial charge in [0.2, 0.25) is 0 Å². The van der Waals surface area contributed by atoms with Crippen molar-refractivity contribution in [3.8, 4) is 11.5 Å². The first-order valence-corrected chi connectivity index (χ1v) is 8.81. The number of hydrazone groups is 1. The number of benzene rings is 1. The minimum atomic E-state index is -0.669. The molecule has 6 heteroatoms. The first-order valence-electron chi connectivity index (χ1n) is 8.81. The molecular weight excluding hydrogens is 330 g/mol. The second-order valence-electron chi connectivity index (χ2n) is 5.81. The Kier molecular flexibility index (Phi) is 8.12. The van der Waals surface area contributed by atoms with Crippen LogP contribution in [0.15, 0.2) is 53.9 Å². The van der Waals surface area contributed by atoms with Crippen LogP contribution in [0.5, 0.6) is 11.5 Å². The van der Waals surface area contributed by atoms with E-state index in [4.69, 9.17) is 9.47 Å². The Bertz CT molecular complexity index is 687. The molecule has 1 heterocycles. The van der Waals surface area contributed by atoms with Gasteiger partial charge in [-0.2, -0.15) is 5.10 Å². The number of unbranched alkanes of at least 4 members (excludes halogenated alkanes) is 2. The number of ether oxygens (including phenoxy) is 2. The van der Waals surface area contributed by atoms with Crippen LogP contribution in [-0.4, -0.2) is 29.8 Å². The van der Waals surface area contributed by atoms with Crippen LogP contribution in [0.1, 0.15) is 38.7 Å². The molecule has 0 spiro atoms. The van der Waals surface area contributed by atoms with Gasteiger partial charge in [-0.25, -0.2) is 5.43 Å². The normalized spacial score (nSPS) is 11.9. The third-order valence-electron chi connectivity index (χ3n) is 3.60. The van der Waals surface area contributed by atoms with Crippen LogP contribution in [0.3, 0.4) is 0 Å². The van der Waals surface area contributed by atoms with Crippen molar-refractivity contribution in [2.75, 3.05) is 6.61 Å². The Labute approximate surface area is 154 Å². The van der Waals surface area contributed by atoms with Crippen molar-refractivity contribution >= 4 is 12.1 Å². The minimum Gasteiger partial charge on any atom is -0.494 e. The summed E-state index contributed by atoms with van der Waals surface area (Å²) in [5.74, 6) is 1.07. The number of carbonyl (C=O) groups is 1. The molecule has 0 aliphatic heterocycles. The van der Waals surface area contributed by atoms with E-state index in [-0.39, 0.29) is 5.91 Å². The van der Waals surface area contributed by atoms with Gasteiger partial charge in [0.1, 0.15) is 11.5 Å². The Morgan fingerprint density at radius 3 is 2.69 bits per heavy atom. The quantitative estimate of drug-likeness (QED) is 0.402. The molecule has 6 nitrogen and oxygen atoms in total. The van der Waals surface area contributed by atoms with E-state index in [2.05, 4.69) is 22.4 Å². The van der Waals surface area contributed by atoms with Crippen LogP contribution in [0.2, 0.25) is 0 Å². The van der Waals surface area contributed by atoms with Crippen molar-refractivity contribution in [2.24, 2.45) is 5.10 Å². The van der Waals surface area contributed by atoms with Gasteiger partial charge in [0.05, 0.1) is 12.8 Å². The number of rotatable bonds is 10. The predicted molar refractivity (Wildman–Crippen MR) is 102 cm³/mol. The fourth-order valence-electron chi connectivity index (χ4n) is 2.13. The molecule has 1 aromatic heterocycles. The van der Waals surface area contributed by atoms with Crippen molar-refractivity contribution in [3.63, 3.8) is 0 Å². The van der Waals surface area contributed by atoms with E-state index in [1.807, 2.05) is 18.2 Å². The third kappa shape index (κ3) is 6.93. The highest BCUT2D eigenvalue weighted by Gasteiger charge is 2.13. The number of hydrogen-bond acceptors (Lipinski definition) is 5. The van der Waals surface area contributed by atoms with Gasteiger partial charge in [0.15, 0.2) is 6.10 Å². The molecule has 0 bridgehead atoms. The summed E-state index contributed by atoms with van der Waals surface area (Å²) >= 11 is 0. The highest BCUT2D eigenvalue weighted by molar-refractivity contribution is 5.84. The molecule has 2 rings (SSSR count). The van der Waals surface area contributed by atoms with Gasteiger partial charge in [-0.1, -0.05) is 25.8 Å². The molecule has 0 aliphatic carbocycles. The zero-order valence-electron chi connectivity index (χ0n) is 15.2. The molecule has 1 atom stereocenters. The van der Waals surface area contributed by atoms with Crippen molar-refractivity contribution in [1.29, 1.82) is 0 Å². The van der Waals surface area contributed by atoms with Crippen molar-refractivity contribution in [1.82, 2.24) is 10.4 Å². The molecule has 1 N–H and O–H groups in total. The number of aromatic nitrogens is 1. The number of carbonyl (C=O) groups excluding carboxylic acids is 1. The van der Waals surface area contributed by atoms with Crippen LogP contribution < -0.4 is 14.9 Å². The first-order chi connectivity index (χ1) is 12.7. The number of amides is 1. The largest absolute Gasteiger partial charge is 0.494 e. The summed E-state index contributed by atoms with van der Waals surface area (Å²) in [5, 5.41) is 3.90. The van der Waals surface area contributed by atoms with Gasteiger partial charge in [-0.3, -0.25) is 9.78 Å². The Morgan fingerprint density at radius 1 is 1.23 bits per heavy atom. The molecule has 2 aromatic rings. The molecule has 26 heavy (non-hydrogen) atoms. The van der Waals surface area contributed by atoms with Gasteiger partial charge in [0.25, 0.3) is 5.91 Å². The fraction of sp³-hybridized carbons (Fsp3) is 0.350. The van der Waals surface area contributed by atoms with E-state index in [9.17, 15) is 4.79 Å². The second kappa shape index (κ2) is 10.9. The fourth-order valence-corrected chi connectivity index (χ4v) is 2.13. The topological polar surface area (TPSA) is 72.8 Å². The predicted octanol–water partition coefficient (Wildman–Crippen LogP) is 3.57. The lowest BCUT2D eigenvalue weighted by molar-refractivity contribution is -0.127. The second-order valence-corrected chi connectivity index (χ2v) is 5.81. The third-order valence-corrected chi connectivity index (χ3v) is 3.60.